The van der Waals surface area contributed by atoms with Gasteiger partial charge in [-0.1, -0.05) is 57.6 Å². The maximum atomic E-state index is 10.7. The first-order valence-electron chi connectivity index (χ1n) is 7.91. The van der Waals surface area contributed by atoms with Gasteiger partial charge in [-0.3, -0.25) is 0 Å². The summed E-state index contributed by atoms with van der Waals surface area (Å²) in [4.78, 5) is 10.7. The van der Waals surface area contributed by atoms with E-state index in [0.29, 0.717) is 5.78 Å². The molecule has 0 unspecified atom stereocenters. The first-order chi connectivity index (χ1) is 8.77. The quantitative estimate of drug-likeness (QED) is 0.297. The van der Waals surface area contributed by atoms with Crippen molar-refractivity contribution in [3.63, 3.8) is 0 Å². The summed E-state index contributed by atoms with van der Waals surface area (Å²) in [6.07, 6.45) is 19.7. The third kappa shape index (κ3) is 15.4. The summed E-state index contributed by atoms with van der Waals surface area (Å²) in [5.74, 6) is 0.331. The van der Waals surface area contributed by atoms with Gasteiger partial charge in [0.2, 0.25) is 0 Å². The Bertz CT molecular complexity index is 206. The minimum Gasteiger partial charge on any atom is -0.300 e. The van der Waals surface area contributed by atoms with E-state index in [2.05, 4.69) is 19.1 Å². The number of carbonyl (C=O) groups is 1. The molecule has 0 aliphatic heterocycles. The van der Waals surface area contributed by atoms with Crippen molar-refractivity contribution in [2.75, 3.05) is 0 Å². The molecule has 18 heavy (non-hydrogen) atoms. The molecule has 1 nitrogen and oxygen atoms in total. The van der Waals surface area contributed by atoms with Gasteiger partial charge in [0.15, 0.2) is 0 Å². The van der Waals surface area contributed by atoms with E-state index < -0.39 is 0 Å². The van der Waals surface area contributed by atoms with Crippen molar-refractivity contribution in [1.82, 2.24) is 0 Å². The van der Waals surface area contributed by atoms with Gasteiger partial charge in [-0.25, -0.2) is 0 Å². The van der Waals surface area contributed by atoms with Crippen molar-refractivity contribution in [3.05, 3.63) is 12.2 Å². The first kappa shape index (κ1) is 17.4. The average molecular weight is 252 g/mol. The molecule has 0 aromatic carbocycles. The van der Waals surface area contributed by atoms with Gasteiger partial charge >= 0.3 is 0 Å². The molecule has 0 fully saturated rings. The summed E-state index contributed by atoms with van der Waals surface area (Å²) >= 11 is 0. The van der Waals surface area contributed by atoms with Gasteiger partial charge in [0.1, 0.15) is 5.78 Å². The van der Waals surface area contributed by atoms with Crippen LogP contribution >= 0.6 is 0 Å². The predicted molar refractivity (Wildman–Crippen MR) is 80.9 cm³/mol. The van der Waals surface area contributed by atoms with Crippen LogP contribution in [0.25, 0.3) is 0 Å². The molecule has 0 rings (SSSR count). The normalized spacial score (nSPS) is 11.2. The van der Waals surface area contributed by atoms with E-state index in [4.69, 9.17) is 0 Å². The highest BCUT2D eigenvalue weighted by Crippen LogP contribution is 2.08. The molecule has 0 saturated carbocycles. The van der Waals surface area contributed by atoms with Crippen LogP contribution in [0.3, 0.4) is 0 Å². The maximum absolute atomic E-state index is 10.7. The summed E-state index contributed by atoms with van der Waals surface area (Å²) < 4.78 is 0. The Labute approximate surface area is 114 Å². The Hall–Kier alpha value is -0.590. The molecule has 0 amide bonds. The lowest BCUT2D eigenvalue weighted by molar-refractivity contribution is -0.117. The Morgan fingerprint density at radius 2 is 1.28 bits per heavy atom. The SMILES string of the molecule is CCCCCCC/C=C/CCCCCCC(C)=O. The van der Waals surface area contributed by atoms with Crippen LogP contribution in [0.15, 0.2) is 12.2 Å². The van der Waals surface area contributed by atoms with E-state index in [-0.39, 0.29) is 0 Å². The second kappa shape index (κ2) is 14.5. The molecule has 0 heterocycles. The highest BCUT2D eigenvalue weighted by molar-refractivity contribution is 5.75. The van der Waals surface area contributed by atoms with Gasteiger partial charge in [-0.15, -0.1) is 0 Å². The van der Waals surface area contributed by atoms with Gasteiger partial charge in [-0.2, -0.15) is 0 Å². The monoisotopic (exact) mass is 252 g/mol. The molecule has 0 aromatic heterocycles. The minimum absolute atomic E-state index is 0.331. The zero-order valence-corrected chi connectivity index (χ0v) is 12.5. The average Bonchev–Trinajstić information content (AvgIpc) is 2.34. The third-order valence-corrected chi connectivity index (χ3v) is 3.29. The summed E-state index contributed by atoms with van der Waals surface area (Å²) in [7, 11) is 0. The number of hydrogen-bond donors (Lipinski definition) is 0. The largest absolute Gasteiger partial charge is 0.300 e. The number of Topliss-reactive ketones (excluding diaryl/α,β-unsaturated/α-hetero) is 1. The Morgan fingerprint density at radius 3 is 1.78 bits per heavy atom. The van der Waals surface area contributed by atoms with Crippen LogP contribution < -0.4 is 0 Å². The van der Waals surface area contributed by atoms with E-state index in [9.17, 15) is 4.79 Å². The number of hydrogen-bond acceptors (Lipinski definition) is 1. The summed E-state index contributed by atoms with van der Waals surface area (Å²) in [5, 5.41) is 0. The van der Waals surface area contributed by atoms with Crippen molar-refractivity contribution in [1.29, 1.82) is 0 Å². The van der Waals surface area contributed by atoms with Crippen LogP contribution in [-0.4, -0.2) is 5.78 Å². The zero-order chi connectivity index (χ0) is 13.5. The maximum Gasteiger partial charge on any atom is 0.129 e. The van der Waals surface area contributed by atoms with Crippen LogP contribution in [0.1, 0.15) is 90.9 Å². The lowest BCUT2D eigenvalue weighted by atomic mass is 10.1. The fraction of sp³-hybridized carbons (Fsp3) is 0.824. The lowest BCUT2D eigenvalue weighted by Gasteiger charge is -1.98. The van der Waals surface area contributed by atoms with Gasteiger partial charge in [0, 0.05) is 6.42 Å². The van der Waals surface area contributed by atoms with Gasteiger partial charge in [0.05, 0.1) is 0 Å². The van der Waals surface area contributed by atoms with Gasteiger partial charge < -0.3 is 4.79 Å². The number of unbranched alkanes of at least 4 members (excludes halogenated alkanes) is 9. The Balaban J connectivity index is 3.06. The Kier molecular flexibility index (Phi) is 14.0. The zero-order valence-electron chi connectivity index (χ0n) is 12.5. The first-order valence-corrected chi connectivity index (χ1v) is 7.91. The second-order valence-corrected chi connectivity index (χ2v) is 5.33. The number of ketones is 1. The molecular weight excluding hydrogens is 220 g/mol. The van der Waals surface area contributed by atoms with Gasteiger partial charge in [-0.05, 0) is 39.0 Å². The standard InChI is InChI=1S/C17H32O/c1-3-4-5-6-7-8-9-10-11-12-13-14-15-16-17(2)18/h9-10H,3-8,11-16H2,1-2H3/b10-9+. The minimum atomic E-state index is 0.331. The van der Waals surface area contributed by atoms with Crippen LogP contribution in [-0.2, 0) is 4.79 Å². The molecule has 0 spiro atoms. The molecule has 0 aliphatic rings. The second-order valence-electron chi connectivity index (χ2n) is 5.33. The number of carbonyl (C=O) groups excluding carboxylic acids is 1. The smallest absolute Gasteiger partial charge is 0.129 e. The fourth-order valence-corrected chi connectivity index (χ4v) is 2.09. The molecule has 0 aromatic rings. The van der Waals surface area contributed by atoms with Crippen LogP contribution in [0.5, 0.6) is 0 Å². The lowest BCUT2D eigenvalue weighted by Crippen LogP contribution is -1.88. The molecule has 0 saturated heterocycles. The topological polar surface area (TPSA) is 17.1 Å². The van der Waals surface area contributed by atoms with Crippen molar-refractivity contribution < 1.29 is 4.79 Å². The molecule has 0 bridgehead atoms. The Morgan fingerprint density at radius 1 is 0.778 bits per heavy atom. The third-order valence-electron chi connectivity index (χ3n) is 3.29. The molecule has 0 radical (unpaired) electrons. The van der Waals surface area contributed by atoms with Gasteiger partial charge in [0.25, 0.3) is 0 Å². The molecule has 0 aliphatic carbocycles. The summed E-state index contributed by atoms with van der Waals surface area (Å²) in [6, 6.07) is 0. The molecule has 106 valence electrons. The molecule has 0 N–H and O–H groups in total. The van der Waals surface area contributed by atoms with E-state index in [1.54, 1.807) is 6.92 Å². The van der Waals surface area contributed by atoms with E-state index in [0.717, 1.165) is 12.8 Å². The van der Waals surface area contributed by atoms with Crippen molar-refractivity contribution in [2.24, 2.45) is 0 Å². The highest BCUT2D eigenvalue weighted by Gasteiger charge is 1.93. The highest BCUT2D eigenvalue weighted by atomic mass is 16.1. The van der Waals surface area contributed by atoms with Crippen molar-refractivity contribution in [3.8, 4) is 0 Å². The fourth-order valence-electron chi connectivity index (χ4n) is 2.09. The van der Waals surface area contributed by atoms with Crippen LogP contribution in [0.2, 0.25) is 0 Å². The van der Waals surface area contributed by atoms with Crippen molar-refractivity contribution >= 4 is 5.78 Å². The molecular formula is C17H32O. The van der Waals surface area contributed by atoms with E-state index in [1.165, 1.54) is 64.2 Å². The molecule has 0 atom stereocenters. The predicted octanol–water partition coefficient (Wildman–Crippen LogP) is 5.83. The summed E-state index contributed by atoms with van der Waals surface area (Å²) in [5.41, 5.74) is 0. The molecule has 1 heteroatoms. The summed E-state index contributed by atoms with van der Waals surface area (Å²) in [6.45, 7) is 3.94. The number of rotatable bonds is 13. The van der Waals surface area contributed by atoms with E-state index in [1.807, 2.05) is 0 Å². The van der Waals surface area contributed by atoms with E-state index >= 15 is 0 Å². The van der Waals surface area contributed by atoms with Crippen molar-refractivity contribution in [2.45, 2.75) is 90.9 Å². The van der Waals surface area contributed by atoms with Crippen LogP contribution in [0, 0.1) is 0 Å². The van der Waals surface area contributed by atoms with Crippen LogP contribution in [0.4, 0.5) is 0 Å². The number of allylic oxidation sites excluding steroid dienone is 2.